The Kier molecular flexibility index (Phi) is 6.71. The van der Waals surface area contributed by atoms with E-state index in [1.165, 1.54) is 38.5 Å². The Labute approximate surface area is 197 Å². The second kappa shape index (κ2) is 8.68. The zero-order chi connectivity index (χ0) is 23.5. The summed E-state index contributed by atoms with van der Waals surface area (Å²) >= 11 is 0. The summed E-state index contributed by atoms with van der Waals surface area (Å²) in [6.45, 7) is 14.1. The minimum atomic E-state index is -1.12. The second-order valence-electron chi connectivity index (χ2n) is 13.1. The lowest BCUT2D eigenvalue weighted by atomic mass is 9.42. The zero-order valence-electron chi connectivity index (χ0n) is 21.6. The molecule has 3 heteroatoms. The van der Waals surface area contributed by atoms with E-state index in [4.69, 9.17) is 0 Å². The fourth-order valence-corrected chi connectivity index (χ4v) is 9.60. The molecule has 0 aliphatic heterocycles. The number of allylic oxidation sites excluding steroid dienone is 2. The van der Waals surface area contributed by atoms with Gasteiger partial charge in [-0.2, -0.15) is 0 Å². The highest BCUT2D eigenvalue weighted by Gasteiger charge is 2.67. The fraction of sp³-hybridized carbons (Fsp3) is 0.931. The van der Waals surface area contributed by atoms with Crippen molar-refractivity contribution in [3.05, 3.63) is 11.6 Å². The van der Waals surface area contributed by atoms with Crippen LogP contribution in [0.2, 0.25) is 0 Å². The topological polar surface area (TPSA) is 60.7 Å². The fourth-order valence-electron chi connectivity index (χ4n) is 9.60. The molecule has 0 heterocycles. The Morgan fingerprint density at radius 2 is 1.72 bits per heavy atom. The third-order valence-corrected chi connectivity index (χ3v) is 11.6. The molecule has 4 unspecified atom stereocenters. The van der Waals surface area contributed by atoms with E-state index in [1.54, 1.807) is 5.57 Å². The van der Waals surface area contributed by atoms with Crippen molar-refractivity contribution in [2.75, 3.05) is 0 Å². The van der Waals surface area contributed by atoms with Crippen molar-refractivity contribution >= 4 is 0 Å². The van der Waals surface area contributed by atoms with Gasteiger partial charge in [-0.1, -0.05) is 46.3 Å². The predicted molar refractivity (Wildman–Crippen MR) is 131 cm³/mol. The molecule has 0 radical (unpaired) electrons. The van der Waals surface area contributed by atoms with Gasteiger partial charge in [-0.05, 0) is 106 Å². The van der Waals surface area contributed by atoms with Gasteiger partial charge in [0.2, 0.25) is 0 Å². The molecule has 32 heavy (non-hydrogen) atoms. The molecule has 0 amide bonds. The summed E-state index contributed by atoms with van der Waals surface area (Å²) in [5.41, 5.74) is 0.582. The lowest BCUT2D eigenvalue weighted by Gasteiger charge is -2.65. The van der Waals surface area contributed by atoms with Gasteiger partial charge in [0.25, 0.3) is 0 Å². The van der Waals surface area contributed by atoms with E-state index in [0.717, 1.165) is 31.1 Å². The molecule has 0 aromatic carbocycles. The second-order valence-corrected chi connectivity index (χ2v) is 13.1. The Hall–Kier alpha value is -0.380. The average Bonchev–Trinajstić information content (AvgIpc) is 3.08. The molecule has 0 spiro atoms. The molecule has 4 rings (SSSR count). The van der Waals surface area contributed by atoms with Crippen LogP contribution in [-0.2, 0) is 0 Å². The van der Waals surface area contributed by atoms with Crippen molar-refractivity contribution in [3.8, 4) is 0 Å². The van der Waals surface area contributed by atoms with Crippen molar-refractivity contribution in [2.24, 2.45) is 46.3 Å². The highest BCUT2D eigenvalue weighted by Crippen LogP contribution is 2.69. The number of hydrogen-bond donors (Lipinski definition) is 3. The SMILES string of the molecule is C/C=C(\CC[C@@H](C)C1CCC2C3C[C@@H](O)[C@@]4(O)C[C@@H](O)CC[C@]4(C)C3CC[C@@]21C)C(C)C. The van der Waals surface area contributed by atoms with Gasteiger partial charge in [0, 0.05) is 11.8 Å². The third-order valence-electron chi connectivity index (χ3n) is 11.6. The van der Waals surface area contributed by atoms with Gasteiger partial charge in [0.05, 0.1) is 17.8 Å². The first kappa shape index (κ1) is 24.7. The molecule has 4 aliphatic carbocycles. The average molecular weight is 447 g/mol. The highest BCUT2D eigenvalue weighted by molar-refractivity contribution is 5.17. The maximum Gasteiger partial charge on any atom is 0.0985 e. The Morgan fingerprint density at radius 3 is 2.38 bits per heavy atom. The van der Waals surface area contributed by atoms with E-state index in [-0.39, 0.29) is 5.41 Å². The van der Waals surface area contributed by atoms with E-state index in [2.05, 4.69) is 47.6 Å². The molecule has 0 saturated heterocycles. The molecular formula is C29H50O3. The van der Waals surface area contributed by atoms with Crippen LogP contribution in [0.5, 0.6) is 0 Å². The van der Waals surface area contributed by atoms with Crippen LogP contribution in [-0.4, -0.2) is 33.1 Å². The lowest BCUT2D eigenvalue weighted by Crippen LogP contribution is -2.68. The number of rotatable bonds is 5. The summed E-state index contributed by atoms with van der Waals surface area (Å²) in [5.74, 6) is 3.82. The van der Waals surface area contributed by atoms with E-state index < -0.39 is 17.8 Å². The smallest absolute Gasteiger partial charge is 0.0985 e. The Balaban J connectivity index is 1.52. The minimum Gasteiger partial charge on any atom is -0.393 e. The van der Waals surface area contributed by atoms with Crippen LogP contribution in [0.15, 0.2) is 11.6 Å². The number of hydrogen-bond acceptors (Lipinski definition) is 3. The Morgan fingerprint density at radius 1 is 1.00 bits per heavy atom. The van der Waals surface area contributed by atoms with Crippen LogP contribution in [0.3, 0.4) is 0 Å². The normalized spacial score (nSPS) is 50.0. The summed E-state index contributed by atoms with van der Waals surface area (Å²) in [7, 11) is 0. The van der Waals surface area contributed by atoms with Gasteiger partial charge in [-0.15, -0.1) is 0 Å². The number of aliphatic hydroxyl groups is 3. The standard InChI is InChI=1S/C29H50O3/c1-7-20(18(2)3)9-8-19(4)23-10-11-24-22-16-26(31)29(32)17-21(30)12-15-28(29,6)25(22)13-14-27(23,24)5/h7,18-19,21-26,30-32H,8-17H2,1-6H3/b20-7+/t19-,21+,22?,23?,24?,25?,26-,27-,28-,29+/m1/s1. The van der Waals surface area contributed by atoms with Crippen LogP contribution in [0.4, 0.5) is 0 Å². The Bertz CT molecular complexity index is 715. The van der Waals surface area contributed by atoms with E-state index in [9.17, 15) is 15.3 Å². The lowest BCUT2D eigenvalue weighted by molar-refractivity contribution is -0.264. The van der Waals surface area contributed by atoms with Crippen LogP contribution < -0.4 is 0 Å². The number of aliphatic hydroxyl groups excluding tert-OH is 2. The first-order chi connectivity index (χ1) is 15.0. The quantitative estimate of drug-likeness (QED) is 0.446. The van der Waals surface area contributed by atoms with Crippen molar-refractivity contribution < 1.29 is 15.3 Å². The molecule has 0 aromatic rings. The minimum absolute atomic E-state index is 0.266. The molecule has 0 bridgehead atoms. The van der Waals surface area contributed by atoms with Gasteiger partial charge in [-0.3, -0.25) is 0 Å². The largest absolute Gasteiger partial charge is 0.393 e. The third kappa shape index (κ3) is 3.64. The van der Waals surface area contributed by atoms with Crippen LogP contribution in [0.25, 0.3) is 0 Å². The molecule has 10 atom stereocenters. The first-order valence-corrected chi connectivity index (χ1v) is 13.7. The zero-order valence-corrected chi connectivity index (χ0v) is 21.6. The van der Waals surface area contributed by atoms with Gasteiger partial charge in [0.15, 0.2) is 0 Å². The molecule has 0 aromatic heterocycles. The molecule has 4 saturated carbocycles. The van der Waals surface area contributed by atoms with Gasteiger partial charge >= 0.3 is 0 Å². The summed E-state index contributed by atoms with van der Waals surface area (Å²) < 4.78 is 0. The summed E-state index contributed by atoms with van der Waals surface area (Å²) in [6, 6.07) is 0. The van der Waals surface area contributed by atoms with Gasteiger partial charge in [0.1, 0.15) is 0 Å². The van der Waals surface area contributed by atoms with Crippen LogP contribution in [0, 0.1) is 46.3 Å². The summed E-state index contributed by atoms with van der Waals surface area (Å²) in [6.07, 6.45) is 11.4. The van der Waals surface area contributed by atoms with Crippen LogP contribution in [0.1, 0.15) is 106 Å². The molecule has 3 N–H and O–H groups in total. The maximum absolute atomic E-state index is 11.6. The van der Waals surface area contributed by atoms with Crippen molar-refractivity contribution in [1.29, 1.82) is 0 Å². The summed E-state index contributed by atoms with van der Waals surface area (Å²) in [4.78, 5) is 0. The monoisotopic (exact) mass is 446 g/mol. The van der Waals surface area contributed by atoms with Gasteiger partial charge in [-0.25, -0.2) is 0 Å². The predicted octanol–water partition coefficient (Wildman–Crippen LogP) is 6.11. The van der Waals surface area contributed by atoms with Gasteiger partial charge < -0.3 is 15.3 Å². The van der Waals surface area contributed by atoms with Crippen molar-refractivity contribution in [2.45, 2.75) is 124 Å². The maximum atomic E-state index is 11.6. The molecule has 4 fully saturated rings. The summed E-state index contributed by atoms with van der Waals surface area (Å²) in [5, 5.41) is 33.2. The van der Waals surface area contributed by atoms with E-state index in [0.29, 0.717) is 35.5 Å². The molecular weight excluding hydrogens is 396 g/mol. The van der Waals surface area contributed by atoms with Crippen molar-refractivity contribution in [1.82, 2.24) is 0 Å². The van der Waals surface area contributed by atoms with E-state index >= 15 is 0 Å². The molecule has 4 aliphatic rings. The molecule has 3 nitrogen and oxygen atoms in total. The highest BCUT2D eigenvalue weighted by atomic mass is 16.3. The van der Waals surface area contributed by atoms with E-state index in [1.807, 2.05) is 0 Å². The van der Waals surface area contributed by atoms with Crippen LogP contribution >= 0.6 is 0 Å². The number of fused-ring (bicyclic) bond motifs is 5. The first-order valence-electron chi connectivity index (χ1n) is 13.7. The van der Waals surface area contributed by atoms with Crippen molar-refractivity contribution in [3.63, 3.8) is 0 Å². The molecule has 184 valence electrons.